The number of allylic oxidation sites excluding steroid dienone is 1. The number of aliphatic imine (C=N–C) groups is 1. The van der Waals surface area contributed by atoms with Crippen molar-refractivity contribution in [1.29, 1.82) is 0 Å². The Labute approximate surface area is 59.1 Å². The second-order valence-corrected chi connectivity index (χ2v) is 2.09. The van der Waals surface area contributed by atoms with Gasteiger partial charge in [0, 0.05) is 19.5 Å². The molecule has 0 fully saturated rings. The van der Waals surface area contributed by atoms with Crippen LogP contribution >= 0.6 is 11.6 Å². The van der Waals surface area contributed by atoms with E-state index in [1.165, 1.54) is 0 Å². The Bertz CT molecular complexity index is 181. The molecule has 3 heteroatoms. The van der Waals surface area contributed by atoms with E-state index < -0.39 is 0 Å². The van der Waals surface area contributed by atoms with Gasteiger partial charge < -0.3 is 4.90 Å². The van der Waals surface area contributed by atoms with Crippen molar-refractivity contribution in [1.82, 2.24) is 4.90 Å². The lowest BCUT2D eigenvalue weighted by Gasteiger charge is -2.08. The summed E-state index contributed by atoms with van der Waals surface area (Å²) in [5.41, 5.74) is 0. The van der Waals surface area contributed by atoms with Crippen LogP contribution in [0.1, 0.15) is 0 Å². The van der Waals surface area contributed by atoms with E-state index in [0.717, 1.165) is 0 Å². The van der Waals surface area contributed by atoms with E-state index in [1.54, 1.807) is 17.3 Å². The average molecular weight is 143 g/mol. The van der Waals surface area contributed by atoms with Crippen molar-refractivity contribution in [3.63, 3.8) is 0 Å². The maximum atomic E-state index is 5.69. The maximum absolute atomic E-state index is 5.69. The van der Waals surface area contributed by atoms with Gasteiger partial charge in [0.1, 0.15) is 5.16 Å². The molecule has 0 N–H and O–H groups in total. The van der Waals surface area contributed by atoms with Crippen molar-refractivity contribution >= 4 is 17.8 Å². The Balaban J connectivity index is 2.80. The summed E-state index contributed by atoms with van der Waals surface area (Å²) in [6, 6.07) is 0. The highest BCUT2D eigenvalue weighted by Crippen LogP contribution is 2.08. The fraction of sp³-hybridized carbons (Fsp3) is 0.167. The third-order valence-corrected chi connectivity index (χ3v) is 1.36. The molecule has 1 aliphatic rings. The number of hydrogen-bond acceptors (Lipinski definition) is 2. The minimum absolute atomic E-state index is 0.625. The fourth-order valence-electron chi connectivity index (χ4n) is 0.484. The Morgan fingerprint density at radius 3 is 3.22 bits per heavy atom. The first-order chi connectivity index (χ1) is 4.30. The predicted octanol–water partition coefficient (Wildman–Crippen LogP) is 1.55. The molecular formula is C6H7ClN2. The summed E-state index contributed by atoms with van der Waals surface area (Å²) < 4.78 is 0. The first-order valence-corrected chi connectivity index (χ1v) is 2.97. The summed E-state index contributed by atoms with van der Waals surface area (Å²) in [6.45, 7) is 0. The monoisotopic (exact) mass is 142 g/mol. The van der Waals surface area contributed by atoms with Gasteiger partial charge in [-0.1, -0.05) is 11.6 Å². The summed E-state index contributed by atoms with van der Waals surface area (Å²) >= 11 is 5.69. The van der Waals surface area contributed by atoms with E-state index in [0.29, 0.717) is 5.16 Å². The van der Waals surface area contributed by atoms with Crippen LogP contribution in [0.15, 0.2) is 28.6 Å². The van der Waals surface area contributed by atoms with Gasteiger partial charge in [0.2, 0.25) is 0 Å². The third-order valence-electron chi connectivity index (χ3n) is 1.000. The molecule has 0 aromatic rings. The zero-order chi connectivity index (χ0) is 6.69. The molecule has 0 aromatic carbocycles. The quantitative estimate of drug-likeness (QED) is 0.469. The summed E-state index contributed by atoms with van der Waals surface area (Å²) in [6.07, 6.45) is 6.95. The van der Waals surface area contributed by atoms with Gasteiger partial charge in [-0.05, 0) is 6.08 Å². The predicted molar refractivity (Wildman–Crippen MR) is 39.3 cm³/mol. The summed E-state index contributed by atoms with van der Waals surface area (Å²) in [5.74, 6) is 0. The Morgan fingerprint density at radius 1 is 1.67 bits per heavy atom. The molecule has 0 saturated carbocycles. The van der Waals surface area contributed by atoms with Gasteiger partial charge in [-0.15, -0.1) is 0 Å². The largest absolute Gasteiger partial charge is 0.341 e. The molecule has 0 amide bonds. The van der Waals surface area contributed by atoms with Crippen molar-refractivity contribution in [3.8, 4) is 0 Å². The molecule has 0 aromatic heterocycles. The van der Waals surface area contributed by atoms with Crippen LogP contribution in [0.2, 0.25) is 0 Å². The van der Waals surface area contributed by atoms with Gasteiger partial charge in [-0.25, -0.2) is 0 Å². The van der Waals surface area contributed by atoms with Crippen LogP contribution in [0, 0.1) is 0 Å². The SMILES string of the molecule is CN1C=CC=NC=C1Cl. The number of halogens is 1. The minimum Gasteiger partial charge on any atom is -0.341 e. The second kappa shape index (κ2) is 2.69. The van der Waals surface area contributed by atoms with Gasteiger partial charge >= 0.3 is 0 Å². The highest BCUT2D eigenvalue weighted by molar-refractivity contribution is 6.29. The van der Waals surface area contributed by atoms with E-state index in [1.807, 2.05) is 19.3 Å². The maximum Gasteiger partial charge on any atom is 0.127 e. The lowest BCUT2D eigenvalue weighted by Crippen LogP contribution is -2.03. The van der Waals surface area contributed by atoms with Crippen molar-refractivity contribution < 1.29 is 0 Å². The molecular weight excluding hydrogens is 136 g/mol. The van der Waals surface area contributed by atoms with Gasteiger partial charge in [0.05, 0.1) is 6.20 Å². The summed E-state index contributed by atoms with van der Waals surface area (Å²) in [7, 11) is 1.87. The van der Waals surface area contributed by atoms with Crippen LogP contribution in [-0.4, -0.2) is 18.2 Å². The third kappa shape index (κ3) is 1.57. The molecule has 0 bridgehead atoms. The lowest BCUT2D eigenvalue weighted by molar-refractivity contribution is 0.608. The molecule has 0 unspecified atom stereocenters. The molecule has 1 heterocycles. The molecule has 48 valence electrons. The summed E-state index contributed by atoms with van der Waals surface area (Å²) in [5, 5.41) is 0.625. The Morgan fingerprint density at radius 2 is 2.44 bits per heavy atom. The zero-order valence-corrected chi connectivity index (χ0v) is 5.84. The van der Waals surface area contributed by atoms with Gasteiger partial charge in [0.15, 0.2) is 0 Å². The molecule has 0 atom stereocenters. The first-order valence-electron chi connectivity index (χ1n) is 2.59. The second-order valence-electron chi connectivity index (χ2n) is 1.70. The smallest absolute Gasteiger partial charge is 0.127 e. The van der Waals surface area contributed by atoms with Crippen LogP contribution in [0.3, 0.4) is 0 Å². The van der Waals surface area contributed by atoms with E-state index in [4.69, 9.17) is 11.6 Å². The molecule has 1 aliphatic heterocycles. The summed E-state index contributed by atoms with van der Waals surface area (Å²) in [4.78, 5) is 5.64. The normalized spacial score (nSPS) is 17.6. The van der Waals surface area contributed by atoms with E-state index in [2.05, 4.69) is 4.99 Å². The molecule has 0 aliphatic carbocycles. The highest BCUT2D eigenvalue weighted by atomic mass is 35.5. The van der Waals surface area contributed by atoms with Crippen LogP contribution in [0.25, 0.3) is 0 Å². The van der Waals surface area contributed by atoms with E-state index >= 15 is 0 Å². The molecule has 2 nitrogen and oxygen atoms in total. The number of rotatable bonds is 0. The van der Waals surface area contributed by atoms with Crippen LogP contribution < -0.4 is 0 Å². The van der Waals surface area contributed by atoms with Gasteiger partial charge in [-0.2, -0.15) is 0 Å². The van der Waals surface area contributed by atoms with Gasteiger partial charge in [-0.3, -0.25) is 4.99 Å². The van der Waals surface area contributed by atoms with Crippen molar-refractivity contribution in [2.75, 3.05) is 7.05 Å². The van der Waals surface area contributed by atoms with Crippen LogP contribution in [-0.2, 0) is 0 Å². The Hall–Kier alpha value is -0.760. The minimum atomic E-state index is 0.625. The topological polar surface area (TPSA) is 15.6 Å². The Kier molecular flexibility index (Phi) is 1.90. The van der Waals surface area contributed by atoms with Gasteiger partial charge in [0.25, 0.3) is 0 Å². The van der Waals surface area contributed by atoms with Crippen molar-refractivity contribution in [2.45, 2.75) is 0 Å². The first kappa shape index (κ1) is 6.36. The van der Waals surface area contributed by atoms with E-state index in [9.17, 15) is 0 Å². The van der Waals surface area contributed by atoms with Crippen LogP contribution in [0.4, 0.5) is 0 Å². The number of nitrogens with zero attached hydrogens (tertiary/aromatic N) is 2. The molecule has 0 radical (unpaired) electrons. The van der Waals surface area contributed by atoms with Crippen molar-refractivity contribution in [2.24, 2.45) is 4.99 Å². The number of hydrogen-bond donors (Lipinski definition) is 0. The molecule has 0 saturated heterocycles. The standard InChI is InChI=1S/C6H7ClN2/c1-9-4-2-3-8-5-6(9)7/h2-5H,1H3. The van der Waals surface area contributed by atoms with E-state index in [-0.39, 0.29) is 0 Å². The molecule has 1 rings (SSSR count). The van der Waals surface area contributed by atoms with Crippen LogP contribution in [0.5, 0.6) is 0 Å². The molecule has 9 heavy (non-hydrogen) atoms. The highest BCUT2D eigenvalue weighted by Gasteiger charge is 1.95. The fourth-order valence-corrected chi connectivity index (χ4v) is 0.597. The lowest BCUT2D eigenvalue weighted by atomic mass is 10.6. The average Bonchev–Trinajstić information content (AvgIpc) is 1.99. The molecule has 0 spiro atoms. The van der Waals surface area contributed by atoms with Crippen molar-refractivity contribution in [3.05, 3.63) is 23.6 Å². The zero-order valence-electron chi connectivity index (χ0n) is 5.08.